The normalized spacial score (nSPS) is 19.3. The average molecular weight is 327 g/mol. The van der Waals surface area contributed by atoms with Crippen molar-refractivity contribution in [2.45, 2.75) is 37.4 Å². The molecule has 0 unspecified atom stereocenters. The van der Waals surface area contributed by atoms with Crippen molar-refractivity contribution in [3.63, 3.8) is 0 Å². The molecule has 112 valence electrons. The lowest BCUT2D eigenvalue weighted by Crippen LogP contribution is -2.12. The molecule has 1 fully saturated rings. The first-order valence-electron chi connectivity index (χ1n) is 6.62. The highest BCUT2D eigenvalue weighted by Crippen LogP contribution is 2.45. The van der Waals surface area contributed by atoms with E-state index in [2.05, 4.69) is 0 Å². The number of hydrogen-bond donors (Lipinski definition) is 1. The quantitative estimate of drug-likeness (QED) is 0.376. The lowest BCUT2D eigenvalue weighted by atomic mass is 10.1. The summed E-state index contributed by atoms with van der Waals surface area (Å²) in [7, 11) is 5.80. The van der Waals surface area contributed by atoms with E-state index >= 15 is 0 Å². The number of unbranched alkanes of at least 4 members (excludes halogenated alkanes) is 1. The van der Waals surface area contributed by atoms with E-state index in [1.165, 1.54) is 18.6 Å². The van der Waals surface area contributed by atoms with Gasteiger partial charge < -0.3 is 14.6 Å². The molecule has 1 saturated heterocycles. The molecule has 0 bridgehead atoms. The maximum atomic E-state index is 11.4. The van der Waals surface area contributed by atoms with Gasteiger partial charge in [-0.05, 0) is 29.1 Å². The van der Waals surface area contributed by atoms with Gasteiger partial charge in [0.15, 0.2) is 0 Å². The summed E-state index contributed by atoms with van der Waals surface area (Å²) in [5, 5.41) is 9.25. The minimum Gasteiger partial charge on any atom is -0.463 e. The maximum Gasteiger partial charge on any atom is 0.305 e. The van der Waals surface area contributed by atoms with Crippen molar-refractivity contribution in [1.29, 1.82) is 0 Å². The Bertz CT molecular complexity index is 235. The first-order valence-corrected chi connectivity index (χ1v) is 10.3. The van der Waals surface area contributed by atoms with Gasteiger partial charge in [-0.25, -0.2) is 0 Å². The van der Waals surface area contributed by atoms with E-state index < -0.39 is 0 Å². The Hall–Kier alpha value is 0.440. The van der Waals surface area contributed by atoms with Gasteiger partial charge in [0.2, 0.25) is 0 Å². The van der Waals surface area contributed by atoms with Crippen LogP contribution >= 0.6 is 31.4 Å². The molecule has 1 aliphatic rings. The summed E-state index contributed by atoms with van der Waals surface area (Å²) < 4.78 is 10.0. The average Bonchev–Trinajstić information content (AvgIpc) is 2.44. The van der Waals surface area contributed by atoms with E-state index in [-0.39, 0.29) is 19.2 Å². The number of ether oxygens (including phenoxy) is 2. The molecule has 0 radical (unpaired) electrons. The third-order valence-electron chi connectivity index (χ3n) is 2.63. The van der Waals surface area contributed by atoms with Gasteiger partial charge >= 0.3 is 5.97 Å². The van der Waals surface area contributed by atoms with E-state index in [0.29, 0.717) is 19.6 Å². The largest absolute Gasteiger partial charge is 0.463 e. The second-order valence-electron chi connectivity index (χ2n) is 4.20. The van der Waals surface area contributed by atoms with Crippen molar-refractivity contribution in [2.75, 3.05) is 32.2 Å². The predicted molar refractivity (Wildman–Crippen MR) is 83.4 cm³/mol. The van der Waals surface area contributed by atoms with Crippen molar-refractivity contribution in [2.24, 2.45) is 0 Å². The van der Waals surface area contributed by atoms with Gasteiger partial charge in [-0.1, -0.05) is 28.0 Å². The van der Waals surface area contributed by atoms with Crippen LogP contribution < -0.4 is 0 Å². The Morgan fingerprint density at radius 3 is 2.89 bits per heavy atom. The summed E-state index contributed by atoms with van der Waals surface area (Å²) in [5.74, 6) is 1.10. The van der Waals surface area contributed by atoms with Crippen LogP contribution in [-0.2, 0) is 14.3 Å². The Kier molecular flexibility index (Phi) is 11.2. The van der Waals surface area contributed by atoms with E-state index in [4.69, 9.17) is 14.6 Å². The molecule has 0 aromatic carbocycles. The summed E-state index contributed by atoms with van der Waals surface area (Å²) >= 11 is 0. The summed E-state index contributed by atoms with van der Waals surface area (Å²) in [6.07, 6.45) is 4.99. The molecule has 1 atom stereocenters. The molecule has 1 aliphatic heterocycles. The number of carbonyl (C=O) groups excluding carboxylic acids is 1. The summed E-state index contributed by atoms with van der Waals surface area (Å²) in [5.41, 5.74) is 0. The van der Waals surface area contributed by atoms with Crippen LogP contribution in [0.1, 0.15) is 32.1 Å². The van der Waals surface area contributed by atoms with Gasteiger partial charge in [0.1, 0.15) is 6.61 Å². The van der Waals surface area contributed by atoms with Gasteiger partial charge in [-0.2, -0.15) is 0 Å². The standard InChI is InChI=1S/C12H22O4S3/c13-6-7-15-8-9-16-12(14)4-2-1-3-11-5-10-17-19-18-11/h11,13H,1-10H2/t11-/m1/s1. The highest BCUT2D eigenvalue weighted by molar-refractivity contribution is 9.09. The minimum atomic E-state index is -0.145. The van der Waals surface area contributed by atoms with Crippen molar-refractivity contribution in [3.05, 3.63) is 0 Å². The third-order valence-corrected chi connectivity index (χ3v) is 7.36. The smallest absolute Gasteiger partial charge is 0.305 e. The fraction of sp³-hybridized carbons (Fsp3) is 0.917. The van der Waals surface area contributed by atoms with Crippen LogP contribution in [0.5, 0.6) is 0 Å². The monoisotopic (exact) mass is 326 g/mol. The molecule has 0 aliphatic carbocycles. The lowest BCUT2D eigenvalue weighted by molar-refractivity contribution is -0.145. The molecule has 19 heavy (non-hydrogen) atoms. The van der Waals surface area contributed by atoms with Crippen LogP contribution in [0.2, 0.25) is 0 Å². The Morgan fingerprint density at radius 2 is 2.16 bits per heavy atom. The van der Waals surface area contributed by atoms with Crippen molar-refractivity contribution in [1.82, 2.24) is 0 Å². The Labute approximate surface area is 126 Å². The van der Waals surface area contributed by atoms with Gasteiger partial charge in [-0.15, -0.1) is 0 Å². The molecule has 0 aromatic rings. The van der Waals surface area contributed by atoms with E-state index in [1.807, 2.05) is 31.4 Å². The Morgan fingerprint density at radius 1 is 1.26 bits per heavy atom. The first kappa shape index (κ1) is 17.5. The molecular weight excluding hydrogens is 304 g/mol. The van der Waals surface area contributed by atoms with Crippen LogP contribution in [0.25, 0.3) is 0 Å². The van der Waals surface area contributed by atoms with Gasteiger partial charge in [0, 0.05) is 17.4 Å². The number of hydrogen-bond acceptors (Lipinski definition) is 7. The molecule has 4 nitrogen and oxygen atoms in total. The van der Waals surface area contributed by atoms with Gasteiger partial charge in [0.05, 0.1) is 19.8 Å². The van der Waals surface area contributed by atoms with Crippen LogP contribution in [0, 0.1) is 0 Å². The molecule has 0 spiro atoms. The molecule has 1 heterocycles. The van der Waals surface area contributed by atoms with Crippen molar-refractivity contribution in [3.8, 4) is 0 Å². The van der Waals surface area contributed by atoms with Crippen LogP contribution in [0.4, 0.5) is 0 Å². The molecule has 0 saturated carbocycles. The predicted octanol–water partition coefficient (Wildman–Crippen LogP) is 2.90. The van der Waals surface area contributed by atoms with Gasteiger partial charge in [-0.3, -0.25) is 4.79 Å². The molecule has 0 aromatic heterocycles. The molecule has 1 N–H and O–H groups in total. The van der Waals surface area contributed by atoms with Crippen LogP contribution in [-0.4, -0.2) is 48.5 Å². The molecule has 7 heteroatoms. The van der Waals surface area contributed by atoms with Crippen LogP contribution in [0.3, 0.4) is 0 Å². The number of aliphatic hydroxyl groups excluding tert-OH is 1. The van der Waals surface area contributed by atoms with Crippen molar-refractivity contribution < 1.29 is 19.4 Å². The van der Waals surface area contributed by atoms with Crippen LogP contribution in [0.15, 0.2) is 0 Å². The van der Waals surface area contributed by atoms with E-state index in [0.717, 1.165) is 18.1 Å². The highest BCUT2D eigenvalue weighted by Gasteiger charge is 2.14. The second kappa shape index (κ2) is 12.2. The third kappa shape index (κ3) is 9.90. The number of rotatable bonds is 10. The molecule has 0 amide bonds. The summed E-state index contributed by atoms with van der Waals surface area (Å²) in [4.78, 5) is 11.4. The zero-order valence-corrected chi connectivity index (χ0v) is 13.5. The lowest BCUT2D eigenvalue weighted by Gasteiger charge is -2.19. The fourth-order valence-corrected chi connectivity index (χ4v) is 6.56. The minimum absolute atomic E-state index is 0.00389. The van der Waals surface area contributed by atoms with E-state index in [1.54, 1.807) is 0 Å². The number of esters is 1. The maximum absolute atomic E-state index is 11.4. The fourth-order valence-electron chi connectivity index (χ4n) is 1.63. The van der Waals surface area contributed by atoms with E-state index in [9.17, 15) is 4.79 Å². The first-order chi connectivity index (χ1) is 9.33. The number of carbonyl (C=O) groups is 1. The van der Waals surface area contributed by atoms with Crippen molar-refractivity contribution >= 4 is 37.4 Å². The Balaban J connectivity index is 1.86. The summed E-state index contributed by atoms with van der Waals surface area (Å²) in [6, 6.07) is 0. The second-order valence-corrected chi connectivity index (χ2v) is 8.76. The summed E-state index contributed by atoms with van der Waals surface area (Å²) in [6.45, 7) is 0.946. The topological polar surface area (TPSA) is 55.8 Å². The zero-order chi connectivity index (χ0) is 13.8. The molecule has 1 rings (SSSR count). The van der Waals surface area contributed by atoms with Gasteiger partial charge in [0.25, 0.3) is 0 Å². The zero-order valence-electron chi connectivity index (χ0n) is 11.0. The SMILES string of the molecule is O=C(CCCC[C@@H]1CCSSS1)OCCOCCO. The highest BCUT2D eigenvalue weighted by atomic mass is 33.5. The number of aliphatic hydroxyl groups is 1. The molecular formula is C12H22O4S3.